The number of hydrogen-bond acceptors (Lipinski definition) is 9. The summed E-state index contributed by atoms with van der Waals surface area (Å²) in [7, 11) is 0. The number of aliphatic hydroxyl groups excluding tert-OH is 3. The van der Waals surface area contributed by atoms with Crippen molar-refractivity contribution in [2.45, 2.75) is 149 Å². The van der Waals surface area contributed by atoms with Crippen LogP contribution in [0.2, 0.25) is 0 Å². The normalized spacial score (nSPS) is 48.2. The molecule has 1 heterocycles. The third-order valence-corrected chi connectivity index (χ3v) is 17.4. The first-order valence-electron chi connectivity index (χ1n) is 19.3. The monoisotopic (exact) mass is 747 g/mol. The Balaban J connectivity index is 1.24. The molecule has 14 atom stereocenters. The van der Waals surface area contributed by atoms with Crippen LogP contribution in [-0.4, -0.2) is 102 Å². The Morgan fingerprint density at radius 2 is 1.54 bits per heavy atom. The molecule has 6 rings (SSSR count). The number of carbonyl (C=O) groups excluding carboxylic acids is 2. The van der Waals surface area contributed by atoms with Crippen LogP contribution in [0, 0.1) is 50.2 Å². The van der Waals surface area contributed by atoms with Crippen LogP contribution in [0.15, 0.2) is 11.6 Å². The molecule has 0 unspecified atom stereocenters. The molecular formula is C40H61NO10S. The van der Waals surface area contributed by atoms with Gasteiger partial charge < -0.3 is 35.2 Å². The lowest BCUT2D eigenvalue weighted by Gasteiger charge is -2.71. The maximum absolute atomic E-state index is 14.8. The predicted molar refractivity (Wildman–Crippen MR) is 195 cm³/mol. The van der Waals surface area contributed by atoms with Crippen LogP contribution in [-0.2, 0) is 23.9 Å². The Kier molecular flexibility index (Phi) is 9.97. The van der Waals surface area contributed by atoms with Gasteiger partial charge in [-0.1, -0.05) is 47.1 Å². The maximum atomic E-state index is 14.8. The first-order valence-corrected chi connectivity index (χ1v) is 20.3. The Hall–Kier alpha value is -1.99. The summed E-state index contributed by atoms with van der Waals surface area (Å²) in [5, 5.41) is 50.5. The van der Waals surface area contributed by atoms with Crippen molar-refractivity contribution in [1.82, 2.24) is 4.90 Å². The van der Waals surface area contributed by atoms with Crippen LogP contribution in [0.25, 0.3) is 0 Å². The Morgan fingerprint density at radius 3 is 2.15 bits per heavy atom. The second-order valence-corrected chi connectivity index (χ2v) is 20.5. The van der Waals surface area contributed by atoms with Gasteiger partial charge in [0.1, 0.15) is 23.7 Å². The lowest BCUT2D eigenvalue weighted by molar-refractivity contribution is -0.209. The number of ether oxygens (including phenoxy) is 1. The lowest BCUT2D eigenvalue weighted by Crippen LogP contribution is -2.68. The highest BCUT2D eigenvalue weighted by Crippen LogP contribution is 2.75. The van der Waals surface area contributed by atoms with E-state index in [0.717, 1.165) is 50.3 Å². The molecule has 1 aliphatic heterocycles. The number of hydrogen-bond donors (Lipinski definition) is 5. The van der Waals surface area contributed by atoms with E-state index in [-0.39, 0.29) is 62.6 Å². The molecule has 0 aromatic carbocycles. The molecule has 5 N–H and O–H groups in total. The highest BCUT2D eigenvalue weighted by atomic mass is 32.2. The zero-order valence-corrected chi connectivity index (χ0v) is 33.0. The van der Waals surface area contributed by atoms with Crippen molar-refractivity contribution in [2.75, 3.05) is 12.3 Å². The first-order chi connectivity index (χ1) is 24.0. The minimum absolute atomic E-state index is 0.0143. The van der Waals surface area contributed by atoms with Crippen LogP contribution in [0.3, 0.4) is 0 Å². The fraction of sp³-hybridized carbons (Fsp3) is 0.850. The summed E-state index contributed by atoms with van der Waals surface area (Å²) in [4.78, 5) is 54.0. The number of fused-ring (bicyclic) bond motifs is 7. The minimum atomic E-state index is -1.76. The number of nitrogens with zero attached hydrogens (tertiary/aromatic N) is 1. The smallest absolute Gasteiger partial charge is 0.335 e. The average Bonchev–Trinajstić information content (AvgIpc) is 3.04. The van der Waals surface area contributed by atoms with Crippen LogP contribution in [0.5, 0.6) is 0 Å². The van der Waals surface area contributed by atoms with Gasteiger partial charge in [0.05, 0.1) is 5.41 Å². The van der Waals surface area contributed by atoms with Crippen molar-refractivity contribution in [3.63, 3.8) is 0 Å². The number of carbonyl (C=O) groups is 4. The summed E-state index contributed by atoms with van der Waals surface area (Å²) in [5.41, 5.74) is -1.88. The molecule has 0 bridgehead atoms. The zero-order chi connectivity index (χ0) is 38.6. The van der Waals surface area contributed by atoms with E-state index in [4.69, 9.17) is 4.74 Å². The second-order valence-electron chi connectivity index (χ2n) is 19.3. The van der Waals surface area contributed by atoms with Crippen LogP contribution >= 0.6 is 11.8 Å². The van der Waals surface area contributed by atoms with E-state index in [1.165, 1.54) is 5.57 Å². The van der Waals surface area contributed by atoms with Gasteiger partial charge in [-0.3, -0.25) is 14.4 Å². The standard InChI is InChI=1S/C40H61NO10S/c1-21(42)41(17-18-52-33-29(46)27(44)28(45)30(51-33)32(47)48)26-10-11-38(6)25(35(26,2)3)9-12-40(8)31(38)24(43)19-22-23-20-37(5,34(49)50)14-13-36(23,4)15-16-39(22,40)7/h19,23,25-31,33,44-46H,9-18,20H2,1-8H3,(H,47,48)(H,49,50)/t23-,25-,26-,27-,28-,29+,30-,31+,33-,36+,37-,38-,39+,40+/m0/s1. The van der Waals surface area contributed by atoms with Gasteiger partial charge in [0.25, 0.3) is 0 Å². The van der Waals surface area contributed by atoms with Gasteiger partial charge in [-0.05, 0) is 110 Å². The number of rotatable bonds is 7. The number of carboxylic acid groups (broad SMARTS) is 2. The Morgan fingerprint density at radius 1 is 0.885 bits per heavy atom. The number of ketones is 1. The molecule has 292 valence electrons. The Labute approximate surface area is 312 Å². The highest BCUT2D eigenvalue weighted by molar-refractivity contribution is 7.99. The largest absolute Gasteiger partial charge is 0.481 e. The molecule has 0 radical (unpaired) electrons. The number of carboxylic acids is 2. The predicted octanol–water partition coefficient (Wildman–Crippen LogP) is 4.89. The SMILES string of the molecule is CC(=O)N(CCS[C@@H]1O[C@H](C(=O)O)[C@@H](O)[C@H](O)[C@H]1O)[C@H]1CC[C@]2(C)[C@H]3C(=O)C=C4[C@@H]5C[C@@](C)(C(=O)O)CC[C@]5(C)CC[C@@]4(C)[C@]3(C)CC[C@H]2C1(C)C. The maximum Gasteiger partial charge on any atom is 0.335 e. The van der Waals surface area contributed by atoms with E-state index in [2.05, 4.69) is 41.5 Å². The fourth-order valence-corrected chi connectivity index (χ4v) is 14.0. The Bertz CT molecular complexity index is 1530. The van der Waals surface area contributed by atoms with Crippen molar-refractivity contribution in [1.29, 1.82) is 0 Å². The van der Waals surface area contributed by atoms with Gasteiger partial charge >= 0.3 is 11.9 Å². The van der Waals surface area contributed by atoms with Crippen molar-refractivity contribution in [2.24, 2.45) is 50.2 Å². The van der Waals surface area contributed by atoms with Crippen molar-refractivity contribution < 1.29 is 49.4 Å². The first kappa shape index (κ1) is 39.7. The number of allylic oxidation sites excluding steroid dienone is 2. The zero-order valence-electron chi connectivity index (χ0n) is 32.2. The van der Waals surface area contributed by atoms with Crippen LogP contribution < -0.4 is 0 Å². The van der Waals surface area contributed by atoms with E-state index in [0.29, 0.717) is 31.6 Å². The van der Waals surface area contributed by atoms with E-state index in [1.807, 2.05) is 17.9 Å². The molecule has 4 saturated carbocycles. The quantitative estimate of drug-likeness (QED) is 0.239. The van der Waals surface area contributed by atoms with Gasteiger partial charge in [-0.25, -0.2) is 4.79 Å². The molecule has 0 aromatic rings. The third kappa shape index (κ3) is 5.74. The third-order valence-electron chi connectivity index (χ3n) is 16.3. The molecular weight excluding hydrogens is 687 g/mol. The van der Waals surface area contributed by atoms with Crippen molar-refractivity contribution in [3.8, 4) is 0 Å². The molecule has 1 saturated heterocycles. The summed E-state index contributed by atoms with van der Waals surface area (Å²) in [6.07, 6.45) is 2.74. The summed E-state index contributed by atoms with van der Waals surface area (Å²) in [6.45, 7) is 17.5. The topological polar surface area (TPSA) is 182 Å². The molecule has 5 fully saturated rings. The van der Waals surface area contributed by atoms with E-state index in [9.17, 15) is 44.7 Å². The van der Waals surface area contributed by atoms with E-state index in [1.54, 1.807) is 6.92 Å². The van der Waals surface area contributed by atoms with Crippen LogP contribution in [0.1, 0.15) is 113 Å². The van der Waals surface area contributed by atoms with Gasteiger partial charge in [0.2, 0.25) is 5.91 Å². The minimum Gasteiger partial charge on any atom is -0.481 e. The molecule has 0 spiro atoms. The molecule has 6 aliphatic rings. The lowest BCUT2D eigenvalue weighted by atomic mass is 9.33. The second kappa shape index (κ2) is 13.1. The summed E-state index contributed by atoms with van der Waals surface area (Å²) in [5.74, 6) is -1.75. The molecule has 5 aliphatic carbocycles. The van der Waals surface area contributed by atoms with Crippen molar-refractivity contribution >= 4 is 35.4 Å². The van der Waals surface area contributed by atoms with Gasteiger partial charge in [0, 0.05) is 31.2 Å². The van der Waals surface area contributed by atoms with E-state index < -0.39 is 47.2 Å². The molecule has 52 heavy (non-hydrogen) atoms. The average molecular weight is 748 g/mol. The van der Waals surface area contributed by atoms with Gasteiger partial charge in [0.15, 0.2) is 11.9 Å². The van der Waals surface area contributed by atoms with E-state index >= 15 is 0 Å². The summed E-state index contributed by atoms with van der Waals surface area (Å²) >= 11 is 1.11. The number of aliphatic hydroxyl groups is 3. The summed E-state index contributed by atoms with van der Waals surface area (Å²) < 4.78 is 5.46. The number of aliphatic carboxylic acids is 2. The van der Waals surface area contributed by atoms with Crippen LogP contribution in [0.4, 0.5) is 0 Å². The number of thioether (sulfide) groups is 1. The number of amides is 1. The van der Waals surface area contributed by atoms with Gasteiger partial charge in [-0.2, -0.15) is 0 Å². The molecule has 1 amide bonds. The highest BCUT2D eigenvalue weighted by Gasteiger charge is 2.70. The fourth-order valence-electron chi connectivity index (χ4n) is 12.9. The van der Waals surface area contributed by atoms with Gasteiger partial charge in [-0.15, -0.1) is 11.8 Å². The molecule has 0 aromatic heterocycles. The summed E-state index contributed by atoms with van der Waals surface area (Å²) in [6, 6.07) is -0.115. The molecule has 12 heteroatoms. The van der Waals surface area contributed by atoms with Crippen molar-refractivity contribution in [3.05, 3.63) is 11.6 Å². The molecule has 11 nitrogen and oxygen atoms in total.